The third kappa shape index (κ3) is 7.12. The number of aliphatic hydroxyl groups excluding tert-OH is 1. The number of nitrogens with zero attached hydrogens (tertiary/aromatic N) is 3. The van der Waals surface area contributed by atoms with Crippen LogP contribution in [0.1, 0.15) is 28.9 Å². The number of amides is 1. The molecule has 0 spiro atoms. The van der Waals surface area contributed by atoms with Crippen molar-refractivity contribution in [2.75, 3.05) is 26.2 Å². The molecule has 0 saturated carbocycles. The molecule has 37 heavy (non-hydrogen) atoms. The smallest absolute Gasteiger partial charge is 0.307 e. The van der Waals surface area contributed by atoms with Gasteiger partial charge in [0.15, 0.2) is 5.69 Å². The number of carboxylic acid groups (broad SMARTS) is 1. The van der Waals surface area contributed by atoms with Crippen LogP contribution in [0.4, 0.5) is 4.39 Å². The Morgan fingerprint density at radius 1 is 1.22 bits per heavy atom. The number of halogens is 2. The second kappa shape index (κ2) is 12.3. The second-order valence-electron chi connectivity index (χ2n) is 9.42. The lowest BCUT2D eigenvalue weighted by atomic mass is 9.90. The third-order valence-corrected chi connectivity index (χ3v) is 6.86. The number of aliphatic carboxylic acids is 1. The Hall–Kier alpha value is -3.34. The van der Waals surface area contributed by atoms with Crippen molar-refractivity contribution >= 4 is 23.5 Å². The molecule has 0 aliphatic carbocycles. The summed E-state index contributed by atoms with van der Waals surface area (Å²) in [6, 6.07) is 11.1. The first kappa shape index (κ1) is 26.7. The Morgan fingerprint density at radius 3 is 2.62 bits per heavy atom. The maximum atomic E-state index is 14.3. The molecular weight excluding hydrogens is 501 g/mol. The van der Waals surface area contributed by atoms with Gasteiger partial charge in [0.1, 0.15) is 5.82 Å². The number of hydrogen-bond donors (Lipinski definition) is 4. The van der Waals surface area contributed by atoms with E-state index in [9.17, 15) is 19.1 Å². The fraction of sp³-hybridized carbons (Fsp3) is 0.385. The standard InChI is InChI=1S/C26H29ClFN5O4/c27-20-5-6-23(28)22(11-20)18-3-1-16(2-4-18)9-21(30-25(35)24-12-29-32-31-24)10-19(26(36)37)15-33-13-17(14-33)7-8-34/h1-6,11-12,17,19,21,34H,7-10,13-15H2,(H,30,35)(H,36,37)(H,29,31,32)/t19-,21+/m0/s1. The van der Waals surface area contributed by atoms with E-state index in [-0.39, 0.29) is 24.5 Å². The van der Waals surface area contributed by atoms with Crippen molar-refractivity contribution in [1.29, 1.82) is 0 Å². The third-order valence-electron chi connectivity index (χ3n) is 6.63. The SMILES string of the molecule is O=C(N[C@H](Cc1ccc(-c2cc(Cl)ccc2F)cc1)C[C@@H](CN1CC(CCO)C1)C(=O)O)c1c[nH]nn1. The first-order valence-corrected chi connectivity index (χ1v) is 12.5. The number of carboxylic acids is 1. The van der Waals surface area contributed by atoms with Gasteiger partial charge in [-0.1, -0.05) is 41.1 Å². The van der Waals surface area contributed by atoms with E-state index in [2.05, 4.69) is 25.6 Å². The van der Waals surface area contributed by atoms with E-state index in [0.29, 0.717) is 41.5 Å². The summed E-state index contributed by atoms with van der Waals surface area (Å²) < 4.78 is 14.3. The highest BCUT2D eigenvalue weighted by molar-refractivity contribution is 6.30. The molecule has 1 amide bonds. The van der Waals surface area contributed by atoms with Crippen LogP contribution < -0.4 is 5.32 Å². The molecule has 0 bridgehead atoms. The van der Waals surface area contributed by atoms with Crippen molar-refractivity contribution in [2.24, 2.45) is 11.8 Å². The van der Waals surface area contributed by atoms with Gasteiger partial charge in [-0.3, -0.25) is 14.7 Å². The van der Waals surface area contributed by atoms with Crippen LogP contribution in [0, 0.1) is 17.7 Å². The number of aliphatic hydroxyl groups is 1. The zero-order valence-electron chi connectivity index (χ0n) is 20.1. The molecule has 0 radical (unpaired) electrons. The number of H-pyrrole nitrogens is 1. The van der Waals surface area contributed by atoms with Crippen molar-refractivity contribution in [1.82, 2.24) is 25.6 Å². The van der Waals surface area contributed by atoms with Gasteiger partial charge in [-0.05, 0) is 54.5 Å². The fourth-order valence-corrected chi connectivity index (χ4v) is 4.86. The predicted octanol–water partition coefficient (Wildman–Crippen LogP) is 3.01. The Morgan fingerprint density at radius 2 is 1.97 bits per heavy atom. The number of aromatic amines is 1. The first-order valence-electron chi connectivity index (χ1n) is 12.1. The second-order valence-corrected chi connectivity index (χ2v) is 9.86. The van der Waals surface area contributed by atoms with Gasteiger partial charge in [-0.25, -0.2) is 4.39 Å². The van der Waals surface area contributed by atoms with E-state index >= 15 is 0 Å². The van der Waals surface area contributed by atoms with Gasteiger partial charge in [-0.15, -0.1) is 5.10 Å². The highest BCUT2D eigenvalue weighted by Crippen LogP contribution is 2.27. The van der Waals surface area contributed by atoms with Gasteiger partial charge >= 0.3 is 5.97 Å². The van der Waals surface area contributed by atoms with Crippen LogP contribution in [-0.4, -0.2) is 74.7 Å². The molecule has 1 aliphatic heterocycles. The van der Waals surface area contributed by atoms with Crippen molar-refractivity contribution in [3.8, 4) is 11.1 Å². The van der Waals surface area contributed by atoms with E-state index in [0.717, 1.165) is 18.7 Å². The zero-order chi connectivity index (χ0) is 26.4. The summed E-state index contributed by atoms with van der Waals surface area (Å²) >= 11 is 6.02. The number of aromatic nitrogens is 3. The molecule has 196 valence electrons. The van der Waals surface area contributed by atoms with Gasteiger partial charge in [0, 0.05) is 42.9 Å². The average Bonchev–Trinajstić information content (AvgIpc) is 3.39. The van der Waals surface area contributed by atoms with Crippen molar-refractivity contribution in [3.05, 3.63) is 70.8 Å². The summed E-state index contributed by atoms with van der Waals surface area (Å²) in [4.78, 5) is 26.9. The topological polar surface area (TPSA) is 131 Å². The number of likely N-dealkylation sites (tertiary alicyclic amines) is 1. The molecule has 2 aromatic carbocycles. The van der Waals surface area contributed by atoms with Crippen LogP contribution in [-0.2, 0) is 11.2 Å². The highest BCUT2D eigenvalue weighted by Gasteiger charge is 2.32. The molecule has 11 heteroatoms. The van der Waals surface area contributed by atoms with Crippen LogP contribution in [0.2, 0.25) is 5.02 Å². The van der Waals surface area contributed by atoms with E-state index in [1.807, 2.05) is 12.1 Å². The number of carbonyl (C=O) groups is 2. The molecule has 1 aromatic heterocycles. The van der Waals surface area contributed by atoms with E-state index in [4.69, 9.17) is 16.7 Å². The largest absolute Gasteiger partial charge is 0.481 e. The highest BCUT2D eigenvalue weighted by atomic mass is 35.5. The predicted molar refractivity (Wildman–Crippen MR) is 136 cm³/mol. The summed E-state index contributed by atoms with van der Waals surface area (Å²) in [5, 5.41) is 32.1. The number of benzene rings is 2. The van der Waals surface area contributed by atoms with Gasteiger partial charge < -0.3 is 20.4 Å². The minimum atomic E-state index is -0.932. The molecule has 9 nitrogen and oxygen atoms in total. The lowest BCUT2D eigenvalue weighted by Crippen LogP contribution is -2.50. The molecule has 1 aliphatic rings. The number of hydrogen-bond acceptors (Lipinski definition) is 6. The molecule has 2 atom stereocenters. The van der Waals surface area contributed by atoms with E-state index < -0.39 is 23.8 Å². The van der Waals surface area contributed by atoms with E-state index in [1.54, 1.807) is 18.2 Å². The quantitative estimate of drug-likeness (QED) is 0.283. The van der Waals surface area contributed by atoms with Gasteiger partial charge in [0.2, 0.25) is 0 Å². The minimum Gasteiger partial charge on any atom is -0.481 e. The maximum Gasteiger partial charge on any atom is 0.307 e. The summed E-state index contributed by atoms with van der Waals surface area (Å²) in [6.07, 6.45) is 2.67. The molecule has 1 saturated heterocycles. The minimum absolute atomic E-state index is 0.109. The van der Waals surface area contributed by atoms with Crippen molar-refractivity contribution < 1.29 is 24.2 Å². The van der Waals surface area contributed by atoms with Gasteiger partial charge in [0.25, 0.3) is 5.91 Å². The van der Waals surface area contributed by atoms with E-state index in [1.165, 1.54) is 18.3 Å². The first-order chi connectivity index (χ1) is 17.8. The Bertz CT molecular complexity index is 1200. The number of rotatable bonds is 12. The van der Waals surface area contributed by atoms with Crippen molar-refractivity contribution in [3.63, 3.8) is 0 Å². The molecule has 4 N–H and O–H groups in total. The number of nitrogens with one attached hydrogen (secondary N) is 2. The molecular formula is C26H29ClFN5O4. The monoisotopic (exact) mass is 529 g/mol. The van der Waals surface area contributed by atoms with Crippen LogP contribution in [0.15, 0.2) is 48.7 Å². The van der Waals surface area contributed by atoms with Crippen LogP contribution in [0.5, 0.6) is 0 Å². The molecule has 3 aromatic rings. The summed E-state index contributed by atoms with van der Waals surface area (Å²) in [5.41, 5.74) is 2.01. The summed E-state index contributed by atoms with van der Waals surface area (Å²) in [7, 11) is 0. The summed E-state index contributed by atoms with van der Waals surface area (Å²) in [5.74, 6) is -2.08. The van der Waals surface area contributed by atoms with Gasteiger partial charge in [0.05, 0.1) is 12.1 Å². The molecule has 2 heterocycles. The lowest BCUT2D eigenvalue weighted by Gasteiger charge is -2.40. The normalized spacial score (nSPS) is 15.6. The Balaban J connectivity index is 1.47. The van der Waals surface area contributed by atoms with Gasteiger partial charge in [-0.2, -0.15) is 0 Å². The fourth-order valence-electron chi connectivity index (χ4n) is 4.69. The molecule has 4 rings (SSSR count). The lowest BCUT2D eigenvalue weighted by molar-refractivity contribution is -0.143. The van der Waals surface area contributed by atoms with Crippen molar-refractivity contribution in [2.45, 2.75) is 25.3 Å². The Labute approximate surface area is 218 Å². The number of carbonyl (C=O) groups excluding carboxylic acids is 1. The molecule has 1 fully saturated rings. The van der Waals surface area contributed by atoms with Crippen LogP contribution in [0.3, 0.4) is 0 Å². The summed E-state index contributed by atoms with van der Waals surface area (Å²) in [6.45, 7) is 1.99. The van der Waals surface area contributed by atoms with Crippen LogP contribution in [0.25, 0.3) is 11.1 Å². The van der Waals surface area contributed by atoms with Crippen LogP contribution >= 0.6 is 11.6 Å². The molecule has 0 unspecified atom stereocenters. The Kier molecular flexibility index (Phi) is 8.86. The zero-order valence-corrected chi connectivity index (χ0v) is 20.9. The maximum absolute atomic E-state index is 14.3. The average molecular weight is 530 g/mol.